The van der Waals surface area contributed by atoms with Crippen molar-refractivity contribution in [3.8, 4) is 0 Å². The average Bonchev–Trinajstić information content (AvgIpc) is 3.51. The van der Waals surface area contributed by atoms with Crippen molar-refractivity contribution in [1.29, 1.82) is 0 Å². The third-order valence-electron chi connectivity index (χ3n) is 5.89. The molecule has 2 amide bonds. The van der Waals surface area contributed by atoms with E-state index in [2.05, 4.69) is 9.88 Å². The Balaban J connectivity index is 1.51. The van der Waals surface area contributed by atoms with Crippen LogP contribution in [0.5, 0.6) is 0 Å². The molecule has 1 aromatic heterocycles. The molecule has 28 heavy (non-hydrogen) atoms. The molecule has 2 heterocycles. The van der Waals surface area contributed by atoms with Crippen molar-refractivity contribution >= 4 is 22.8 Å². The highest BCUT2D eigenvalue weighted by molar-refractivity contribution is 5.82. The van der Waals surface area contributed by atoms with Gasteiger partial charge in [-0.3, -0.25) is 9.59 Å². The van der Waals surface area contributed by atoms with Gasteiger partial charge in [-0.2, -0.15) is 0 Å². The quantitative estimate of drug-likeness (QED) is 0.832. The smallest absolute Gasteiger partial charge is 0.224 e. The average molecular weight is 383 g/mol. The van der Waals surface area contributed by atoms with E-state index in [-0.39, 0.29) is 23.8 Å². The summed E-state index contributed by atoms with van der Waals surface area (Å²) >= 11 is 0. The number of rotatable bonds is 6. The van der Waals surface area contributed by atoms with Gasteiger partial charge in [-0.05, 0) is 44.7 Å². The summed E-state index contributed by atoms with van der Waals surface area (Å²) in [4.78, 5) is 31.8. The molecule has 1 atom stereocenters. The van der Waals surface area contributed by atoms with Crippen LogP contribution < -0.4 is 5.32 Å². The first-order valence-electron chi connectivity index (χ1n) is 10.7. The van der Waals surface area contributed by atoms with Gasteiger partial charge in [0.2, 0.25) is 11.8 Å². The predicted octanol–water partition coefficient (Wildman–Crippen LogP) is 3.42. The van der Waals surface area contributed by atoms with Crippen molar-refractivity contribution in [3.63, 3.8) is 0 Å². The minimum atomic E-state index is -0.172. The molecule has 150 valence electrons. The number of carbonyl (C=O) groups excluding carboxylic acids is 2. The normalized spacial score (nSPS) is 18.7. The molecule has 0 bridgehead atoms. The molecule has 2 aliphatic rings. The SMILES string of the molecule is CC(NC(=O)C1CC1)c1nc2ccccc2n1CCC(=O)N1CCCCCC1. The van der Waals surface area contributed by atoms with Gasteiger partial charge in [-0.1, -0.05) is 25.0 Å². The molecule has 2 fully saturated rings. The zero-order valence-electron chi connectivity index (χ0n) is 16.7. The lowest BCUT2D eigenvalue weighted by Gasteiger charge is -2.21. The van der Waals surface area contributed by atoms with Crippen molar-refractivity contribution < 1.29 is 9.59 Å². The second kappa shape index (κ2) is 8.33. The van der Waals surface area contributed by atoms with E-state index in [0.29, 0.717) is 13.0 Å². The predicted molar refractivity (Wildman–Crippen MR) is 109 cm³/mol. The highest BCUT2D eigenvalue weighted by Crippen LogP contribution is 2.30. The van der Waals surface area contributed by atoms with E-state index in [9.17, 15) is 9.59 Å². The van der Waals surface area contributed by atoms with Crippen molar-refractivity contribution in [1.82, 2.24) is 19.8 Å². The van der Waals surface area contributed by atoms with Crippen LogP contribution in [-0.4, -0.2) is 39.4 Å². The van der Waals surface area contributed by atoms with Gasteiger partial charge >= 0.3 is 0 Å². The highest BCUT2D eigenvalue weighted by Gasteiger charge is 2.31. The number of nitrogens with zero attached hydrogens (tertiary/aromatic N) is 3. The fourth-order valence-electron chi connectivity index (χ4n) is 4.09. The first-order chi connectivity index (χ1) is 13.6. The molecule has 1 saturated carbocycles. The summed E-state index contributed by atoms with van der Waals surface area (Å²) in [6.07, 6.45) is 7.09. The monoisotopic (exact) mass is 382 g/mol. The van der Waals surface area contributed by atoms with Gasteiger partial charge in [0.15, 0.2) is 0 Å². The molecule has 1 unspecified atom stereocenters. The van der Waals surface area contributed by atoms with Crippen LogP contribution in [0.2, 0.25) is 0 Å². The maximum atomic E-state index is 12.8. The molecule has 1 saturated heterocycles. The summed E-state index contributed by atoms with van der Waals surface area (Å²) in [5.41, 5.74) is 1.93. The van der Waals surface area contributed by atoms with E-state index < -0.39 is 0 Å². The number of imidazole rings is 1. The van der Waals surface area contributed by atoms with Crippen LogP contribution in [0.25, 0.3) is 11.0 Å². The van der Waals surface area contributed by atoms with Crippen LogP contribution in [-0.2, 0) is 16.1 Å². The van der Waals surface area contributed by atoms with Gasteiger partial charge in [0.25, 0.3) is 0 Å². The number of likely N-dealkylation sites (tertiary alicyclic amines) is 1. The molecule has 1 aromatic carbocycles. The van der Waals surface area contributed by atoms with Gasteiger partial charge in [-0.25, -0.2) is 4.98 Å². The highest BCUT2D eigenvalue weighted by atomic mass is 16.2. The molecule has 6 nitrogen and oxygen atoms in total. The molecule has 6 heteroatoms. The Bertz CT molecular complexity index is 847. The molecule has 1 aliphatic heterocycles. The third-order valence-corrected chi connectivity index (χ3v) is 5.89. The molecular formula is C22H30N4O2. The fraction of sp³-hybridized carbons (Fsp3) is 0.591. The Hall–Kier alpha value is -2.37. The summed E-state index contributed by atoms with van der Waals surface area (Å²) in [5.74, 6) is 1.34. The summed E-state index contributed by atoms with van der Waals surface area (Å²) in [6.45, 7) is 4.33. The number of fused-ring (bicyclic) bond motifs is 1. The summed E-state index contributed by atoms with van der Waals surface area (Å²) in [7, 11) is 0. The lowest BCUT2D eigenvalue weighted by atomic mass is 10.2. The first kappa shape index (κ1) is 19.0. The van der Waals surface area contributed by atoms with E-state index in [1.165, 1.54) is 12.8 Å². The molecular weight excluding hydrogens is 352 g/mol. The number of hydrogen-bond donors (Lipinski definition) is 1. The Morgan fingerprint density at radius 3 is 2.57 bits per heavy atom. The zero-order chi connectivity index (χ0) is 19.5. The summed E-state index contributed by atoms with van der Waals surface area (Å²) in [6, 6.07) is 7.82. The van der Waals surface area contributed by atoms with Gasteiger partial charge in [0, 0.05) is 32.0 Å². The van der Waals surface area contributed by atoms with Crippen LogP contribution in [0, 0.1) is 5.92 Å². The van der Waals surface area contributed by atoms with E-state index in [1.54, 1.807) is 0 Å². The van der Waals surface area contributed by atoms with Crippen LogP contribution in [0.4, 0.5) is 0 Å². The van der Waals surface area contributed by atoms with Gasteiger partial charge in [0.05, 0.1) is 17.1 Å². The second-order valence-corrected chi connectivity index (χ2v) is 8.16. The number of aromatic nitrogens is 2. The van der Waals surface area contributed by atoms with Crippen LogP contribution in [0.3, 0.4) is 0 Å². The zero-order valence-corrected chi connectivity index (χ0v) is 16.7. The van der Waals surface area contributed by atoms with Crippen LogP contribution in [0.15, 0.2) is 24.3 Å². The largest absolute Gasteiger partial charge is 0.346 e. The second-order valence-electron chi connectivity index (χ2n) is 8.16. The number of carbonyl (C=O) groups is 2. The van der Waals surface area contributed by atoms with Crippen LogP contribution >= 0.6 is 0 Å². The van der Waals surface area contributed by atoms with Gasteiger partial charge < -0.3 is 14.8 Å². The molecule has 2 aromatic rings. The van der Waals surface area contributed by atoms with Crippen molar-refractivity contribution in [2.24, 2.45) is 5.92 Å². The van der Waals surface area contributed by atoms with Crippen LogP contribution in [0.1, 0.15) is 63.7 Å². The summed E-state index contributed by atoms with van der Waals surface area (Å²) < 4.78 is 2.11. The van der Waals surface area contributed by atoms with E-state index in [1.807, 2.05) is 36.1 Å². The number of para-hydroxylation sites is 2. The molecule has 1 N–H and O–H groups in total. The standard InChI is InChI=1S/C22H30N4O2/c1-16(23-22(28)17-10-11-17)21-24-18-8-4-5-9-19(18)26(21)15-12-20(27)25-13-6-2-3-7-14-25/h4-5,8-9,16-17H,2-3,6-7,10-15H2,1H3,(H,23,28). The Morgan fingerprint density at radius 1 is 1.14 bits per heavy atom. The Morgan fingerprint density at radius 2 is 1.86 bits per heavy atom. The third kappa shape index (κ3) is 4.21. The van der Waals surface area contributed by atoms with Crippen molar-refractivity contribution in [2.75, 3.05) is 13.1 Å². The summed E-state index contributed by atoms with van der Waals surface area (Å²) in [5, 5.41) is 3.10. The fourth-order valence-corrected chi connectivity index (χ4v) is 4.09. The van der Waals surface area contributed by atoms with Gasteiger partial charge in [-0.15, -0.1) is 0 Å². The van der Waals surface area contributed by atoms with Crippen molar-refractivity contribution in [2.45, 2.75) is 64.5 Å². The Labute approximate surface area is 166 Å². The first-order valence-corrected chi connectivity index (χ1v) is 10.7. The maximum absolute atomic E-state index is 12.8. The van der Waals surface area contributed by atoms with Crippen molar-refractivity contribution in [3.05, 3.63) is 30.1 Å². The lowest BCUT2D eigenvalue weighted by molar-refractivity contribution is -0.131. The number of aryl methyl sites for hydroxylation is 1. The lowest BCUT2D eigenvalue weighted by Crippen LogP contribution is -2.33. The number of hydrogen-bond acceptors (Lipinski definition) is 3. The maximum Gasteiger partial charge on any atom is 0.224 e. The topological polar surface area (TPSA) is 67.2 Å². The van der Waals surface area contributed by atoms with Gasteiger partial charge in [0.1, 0.15) is 5.82 Å². The molecule has 0 spiro atoms. The molecule has 4 rings (SSSR count). The molecule has 0 radical (unpaired) electrons. The number of nitrogens with one attached hydrogen (secondary N) is 1. The Kier molecular flexibility index (Phi) is 5.64. The number of amides is 2. The van der Waals surface area contributed by atoms with E-state index in [0.717, 1.165) is 55.6 Å². The van der Waals surface area contributed by atoms with E-state index >= 15 is 0 Å². The van der Waals surface area contributed by atoms with E-state index in [4.69, 9.17) is 4.98 Å². The minimum Gasteiger partial charge on any atom is -0.346 e. The minimum absolute atomic E-state index is 0.117. The number of benzene rings is 1. The molecule has 1 aliphatic carbocycles.